The fourth-order valence-electron chi connectivity index (χ4n) is 3.83. The minimum atomic E-state index is -0.793. The molecule has 0 heterocycles. The lowest BCUT2D eigenvalue weighted by atomic mass is 10.1. The summed E-state index contributed by atoms with van der Waals surface area (Å²) in [5, 5.41) is 0. The van der Waals surface area contributed by atoms with Crippen LogP contribution in [0.4, 0.5) is 17.6 Å². The number of rotatable bonds is 10. The van der Waals surface area contributed by atoms with Gasteiger partial charge in [0, 0.05) is 46.5 Å². The smallest absolute Gasteiger partial charge is 0.186 e. The number of carbonyl (C=O) groups is 2. The van der Waals surface area contributed by atoms with Crippen LogP contribution >= 0.6 is 0 Å². The molecule has 0 aromatic heterocycles. The summed E-state index contributed by atoms with van der Waals surface area (Å²) < 4.78 is 73.0. The van der Waals surface area contributed by atoms with Crippen molar-refractivity contribution in [1.29, 1.82) is 0 Å². The van der Waals surface area contributed by atoms with E-state index in [-0.39, 0.29) is 11.1 Å². The summed E-state index contributed by atoms with van der Waals surface area (Å²) in [7, 11) is 6.06. The van der Waals surface area contributed by atoms with Crippen LogP contribution in [-0.2, 0) is 0 Å². The molecular formula is C34H28F4O6. The quantitative estimate of drug-likeness (QED) is 0.104. The number of methoxy groups -OCH3 is 4. The molecule has 4 aromatic carbocycles. The average Bonchev–Trinajstić information content (AvgIpc) is 3.01. The van der Waals surface area contributed by atoms with Gasteiger partial charge in [0.15, 0.2) is 11.6 Å². The summed E-state index contributed by atoms with van der Waals surface area (Å²) in [5.74, 6) is -1.90. The molecule has 10 heteroatoms. The van der Waals surface area contributed by atoms with E-state index in [4.69, 9.17) is 18.9 Å². The first-order chi connectivity index (χ1) is 21.1. The van der Waals surface area contributed by atoms with Gasteiger partial charge < -0.3 is 18.9 Å². The molecule has 0 aliphatic heterocycles. The van der Waals surface area contributed by atoms with Crippen LogP contribution < -0.4 is 18.9 Å². The lowest BCUT2D eigenvalue weighted by molar-refractivity contribution is 0.103. The minimum absolute atomic E-state index is 0.0544. The summed E-state index contributed by atoms with van der Waals surface area (Å²) in [6.07, 6.45) is 5.50. The van der Waals surface area contributed by atoms with E-state index in [1.165, 1.54) is 52.7 Å². The molecule has 228 valence electrons. The molecule has 0 saturated heterocycles. The minimum Gasteiger partial charge on any atom is -0.497 e. The third-order valence-electron chi connectivity index (χ3n) is 6.00. The molecule has 4 rings (SSSR count). The Morgan fingerprint density at radius 1 is 0.500 bits per heavy atom. The second-order valence-electron chi connectivity index (χ2n) is 8.93. The van der Waals surface area contributed by atoms with Gasteiger partial charge in [0.25, 0.3) is 0 Å². The number of allylic oxidation sites excluding steroid dienone is 2. The van der Waals surface area contributed by atoms with Gasteiger partial charge in [-0.3, -0.25) is 9.59 Å². The second kappa shape index (κ2) is 15.7. The number of ketones is 2. The van der Waals surface area contributed by atoms with Crippen molar-refractivity contribution in [2.45, 2.75) is 0 Å². The zero-order chi connectivity index (χ0) is 32.2. The monoisotopic (exact) mass is 608 g/mol. The van der Waals surface area contributed by atoms with E-state index in [0.717, 1.165) is 24.3 Å². The highest BCUT2D eigenvalue weighted by Gasteiger charge is 2.09. The third-order valence-corrected chi connectivity index (χ3v) is 6.00. The van der Waals surface area contributed by atoms with E-state index >= 15 is 0 Å². The normalized spacial score (nSPS) is 10.7. The summed E-state index contributed by atoms with van der Waals surface area (Å²) in [5.41, 5.74) is 1.18. The molecule has 0 N–H and O–H groups in total. The van der Waals surface area contributed by atoms with Gasteiger partial charge in [0.05, 0.1) is 28.4 Å². The first kappa shape index (κ1) is 33.1. The van der Waals surface area contributed by atoms with Gasteiger partial charge in [-0.1, -0.05) is 0 Å². The zero-order valence-corrected chi connectivity index (χ0v) is 24.2. The molecule has 0 saturated carbocycles. The van der Waals surface area contributed by atoms with E-state index in [0.29, 0.717) is 46.3 Å². The first-order valence-electron chi connectivity index (χ1n) is 12.9. The van der Waals surface area contributed by atoms with Crippen molar-refractivity contribution < 1.29 is 46.1 Å². The van der Waals surface area contributed by atoms with Crippen molar-refractivity contribution in [3.8, 4) is 23.0 Å². The Kier molecular flexibility index (Phi) is 11.8. The van der Waals surface area contributed by atoms with Crippen LogP contribution in [0.2, 0.25) is 0 Å². The van der Waals surface area contributed by atoms with Crippen LogP contribution in [0.15, 0.2) is 84.9 Å². The Balaban J connectivity index is 0.000000240. The van der Waals surface area contributed by atoms with Crippen LogP contribution in [0, 0.1) is 23.3 Å². The maximum Gasteiger partial charge on any atom is 0.186 e. The highest BCUT2D eigenvalue weighted by molar-refractivity contribution is 6.07. The highest BCUT2D eigenvalue weighted by Crippen LogP contribution is 2.27. The van der Waals surface area contributed by atoms with Gasteiger partial charge in [-0.05, 0) is 72.8 Å². The van der Waals surface area contributed by atoms with Crippen LogP contribution in [0.5, 0.6) is 23.0 Å². The Labute approximate surface area is 251 Å². The van der Waals surface area contributed by atoms with Crippen LogP contribution in [0.1, 0.15) is 31.8 Å². The van der Waals surface area contributed by atoms with E-state index < -0.39 is 34.8 Å². The topological polar surface area (TPSA) is 71.1 Å². The van der Waals surface area contributed by atoms with Gasteiger partial charge in [0.1, 0.15) is 46.3 Å². The van der Waals surface area contributed by atoms with Crippen molar-refractivity contribution in [3.05, 3.63) is 130 Å². The molecule has 0 amide bonds. The molecule has 0 radical (unpaired) electrons. The number of halogens is 4. The lowest BCUT2D eigenvalue weighted by Crippen LogP contribution is -1.97. The Morgan fingerprint density at radius 2 is 0.841 bits per heavy atom. The predicted octanol–water partition coefficient (Wildman–Crippen LogP) is 7.76. The Morgan fingerprint density at radius 3 is 1.14 bits per heavy atom. The van der Waals surface area contributed by atoms with Crippen molar-refractivity contribution in [2.24, 2.45) is 0 Å². The number of hydrogen-bond donors (Lipinski definition) is 0. The molecule has 4 aromatic rings. The van der Waals surface area contributed by atoms with Gasteiger partial charge >= 0.3 is 0 Å². The largest absolute Gasteiger partial charge is 0.497 e. The lowest BCUT2D eigenvalue weighted by Gasteiger charge is -2.07. The van der Waals surface area contributed by atoms with Crippen LogP contribution in [0.3, 0.4) is 0 Å². The maximum atomic E-state index is 13.1. The zero-order valence-electron chi connectivity index (χ0n) is 24.2. The molecule has 0 bridgehead atoms. The van der Waals surface area contributed by atoms with E-state index in [2.05, 4.69) is 0 Å². The van der Waals surface area contributed by atoms with E-state index in [9.17, 15) is 27.2 Å². The number of hydrogen-bond acceptors (Lipinski definition) is 6. The standard InChI is InChI=1S/2C17H14F2O3/c2*1-21-15-5-3-11(17(10-15)22-2)4-6-16(20)12-7-13(18)9-14(19)8-12/h2*3-10H,1-2H3/b2*6-4+. The molecule has 0 aliphatic rings. The van der Waals surface area contributed by atoms with Gasteiger partial charge in [-0.15, -0.1) is 0 Å². The van der Waals surface area contributed by atoms with Crippen LogP contribution in [-0.4, -0.2) is 40.0 Å². The summed E-state index contributed by atoms with van der Waals surface area (Å²) >= 11 is 0. The number of benzene rings is 4. The SMILES string of the molecule is COc1ccc(/C=C/C(=O)c2cc(F)cc(F)c2)c(OC)c1.COc1ccc(/C=C/C(=O)c2cc(F)cc(F)c2)c(OC)c1. The van der Waals surface area contributed by atoms with Crippen molar-refractivity contribution in [2.75, 3.05) is 28.4 Å². The molecule has 0 spiro atoms. The fourth-order valence-corrected chi connectivity index (χ4v) is 3.83. The summed E-state index contributed by atoms with van der Waals surface area (Å²) in [6, 6.07) is 15.6. The molecule has 0 atom stereocenters. The molecule has 44 heavy (non-hydrogen) atoms. The second-order valence-corrected chi connectivity index (χ2v) is 8.93. The highest BCUT2D eigenvalue weighted by atomic mass is 19.1. The van der Waals surface area contributed by atoms with Crippen molar-refractivity contribution in [1.82, 2.24) is 0 Å². The summed E-state index contributed by atoms with van der Waals surface area (Å²) in [4.78, 5) is 23.9. The van der Waals surface area contributed by atoms with E-state index in [1.54, 1.807) is 36.4 Å². The van der Waals surface area contributed by atoms with Crippen molar-refractivity contribution in [3.63, 3.8) is 0 Å². The van der Waals surface area contributed by atoms with Gasteiger partial charge in [-0.25, -0.2) is 17.6 Å². The van der Waals surface area contributed by atoms with Crippen LogP contribution in [0.25, 0.3) is 12.2 Å². The van der Waals surface area contributed by atoms with Crippen molar-refractivity contribution >= 4 is 23.7 Å². The Bertz CT molecular complexity index is 1530. The predicted molar refractivity (Wildman–Crippen MR) is 159 cm³/mol. The molecular weight excluding hydrogens is 580 g/mol. The molecule has 0 fully saturated rings. The fraction of sp³-hybridized carbons (Fsp3) is 0.118. The first-order valence-corrected chi connectivity index (χ1v) is 12.9. The van der Waals surface area contributed by atoms with Gasteiger partial charge in [-0.2, -0.15) is 0 Å². The summed E-state index contributed by atoms with van der Waals surface area (Å²) in [6.45, 7) is 0. The molecule has 0 aliphatic carbocycles. The number of carbonyl (C=O) groups excluding carboxylic acids is 2. The molecule has 0 unspecified atom stereocenters. The molecule has 6 nitrogen and oxygen atoms in total. The van der Waals surface area contributed by atoms with E-state index in [1.807, 2.05) is 0 Å². The maximum absolute atomic E-state index is 13.1. The number of ether oxygens (including phenoxy) is 4. The third kappa shape index (κ3) is 9.32. The van der Waals surface area contributed by atoms with Gasteiger partial charge in [0.2, 0.25) is 0 Å². The average molecular weight is 609 g/mol. The Hall–Kier alpha value is -5.38.